The molecule has 0 unspecified atom stereocenters. The quantitative estimate of drug-likeness (QED) is 0.759. The molecule has 1 atom stereocenters. The van der Waals surface area contributed by atoms with E-state index in [4.69, 9.17) is 4.74 Å². The van der Waals surface area contributed by atoms with Gasteiger partial charge in [-0.1, -0.05) is 18.2 Å². The molecule has 1 saturated heterocycles. The molecule has 1 aromatic rings. The Morgan fingerprint density at radius 3 is 2.84 bits per heavy atom. The lowest BCUT2D eigenvalue weighted by Gasteiger charge is -2.19. The Labute approximate surface area is 111 Å². The summed E-state index contributed by atoms with van der Waals surface area (Å²) >= 11 is 0. The predicted octanol–water partition coefficient (Wildman–Crippen LogP) is 0.184. The summed E-state index contributed by atoms with van der Waals surface area (Å²) in [5.74, 6) is -1.28. The zero-order valence-electron chi connectivity index (χ0n) is 10.8. The zero-order chi connectivity index (χ0) is 13.8. The molecule has 19 heavy (non-hydrogen) atoms. The summed E-state index contributed by atoms with van der Waals surface area (Å²) in [4.78, 5) is 24.1. The molecular weight excluding hydrogens is 246 g/mol. The van der Waals surface area contributed by atoms with E-state index in [1.54, 1.807) is 4.90 Å². The normalized spacial score (nSPS) is 18.7. The molecule has 0 spiro atoms. The number of hydrogen-bond acceptors (Lipinski definition) is 4. The Hall–Kier alpha value is -2.04. The highest BCUT2D eigenvalue weighted by Gasteiger charge is 2.30. The Balaban J connectivity index is 2.09. The minimum atomic E-state index is -1.16. The number of likely N-dealkylation sites (tertiary alicyclic amines) is 1. The van der Waals surface area contributed by atoms with Crippen molar-refractivity contribution in [3.8, 4) is 5.75 Å². The second-order valence-electron chi connectivity index (χ2n) is 4.54. The topological polar surface area (TPSA) is 69.7 Å². The van der Waals surface area contributed by atoms with Gasteiger partial charge in [0.1, 0.15) is 5.75 Å². The van der Waals surface area contributed by atoms with Crippen LogP contribution in [0.15, 0.2) is 24.3 Å². The first-order valence-electron chi connectivity index (χ1n) is 6.31. The highest BCUT2D eigenvalue weighted by Crippen LogP contribution is 2.24. The van der Waals surface area contributed by atoms with Crippen LogP contribution >= 0.6 is 0 Å². The lowest BCUT2D eigenvalue weighted by Crippen LogP contribution is -2.33. The van der Waals surface area contributed by atoms with Crippen molar-refractivity contribution in [3.63, 3.8) is 0 Å². The minimum Gasteiger partial charge on any atom is -0.550 e. The number of carbonyl (C=O) groups excluding carboxylic acids is 2. The summed E-state index contributed by atoms with van der Waals surface area (Å²) in [6.45, 7) is 3.02. The van der Waals surface area contributed by atoms with Gasteiger partial charge in [-0.25, -0.2) is 0 Å². The number of rotatable bonds is 5. The molecule has 1 aliphatic rings. The largest absolute Gasteiger partial charge is 0.550 e. The van der Waals surface area contributed by atoms with E-state index >= 15 is 0 Å². The van der Waals surface area contributed by atoms with Crippen LogP contribution in [0.5, 0.6) is 5.75 Å². The molecule has 1 aromatic carbocycles. The first kappa shape index (κ1) is 13.4. The maximum atomic E-state index is 11.8. The Kier molecular flexibility index (Phi) is 4.04. The van der Waals surface area contributed by atoms with Gasteiger partial charge < -0.3 is 19.5 Å². The number of nitrogens with zero attached hydrogens (tertiary/aromatic N) is 1. The van der Waals surface area contributed by atoms with E-state index in [-0.39, 0.29) is 18.9 Å². The van der Waals surface area contributed by atoms with Crippen LogP contribution < -0.4 is 9.84 Å². The van der Waals surface area contributed by atoms with Gasteiger partial charge in [-0.2, -0.15) is 0 Å². The number of carboxylic acids is 1. The average molecular weight is 262 g/mol. The molecule has 1 fully saturated rings. The van der Waals surface area contributed by atoms with E-state index in [0.717, 1.165) is 11.3 Å². The zero-order valence-corrected chi connectivity index (χ0v) is 10.8. The molecule has 0 N–H and O–H groups in total. The lowest BCUT2D eigenvalue weighted by molar-refractivity contribution is -0.311. The van der Waals surface area contributed by atoms with E-state index in [1.165, 1.54) is 0 Å². The molecule has 0 saturated carbocycles. The minimum absolute atomic E-state index is 0.0269. The van der Waals surface area contributed by atoms with Crippen LogP contribution in [0.3, 0.4) is 0 Å². The van der Waals surface area contributed by atoms with E-state index in [0.29, 0.717) is 13.2 Å². The lowest BCUT2D eigenvalue weighted by atomic mass is 10.1. The molecule has 102 valence electrons. The number of carboxylic acid groups (broad SMARTS) is 1. The van der Waals surface area contributed by atoms with Crippen molar-refractivity contribution in [3.05, 3.63) is 29.8 Å². The molecule has 0 aliphatic carbocycles. The van der Waals surface area contributed by atoms with Gasteiger partial charge in [-0.3, -0.25) is 4.79 Å². The van der Waals surface area contributed by atoms with Crippen LogP contribution in [0, 0.1) is 5.92 Å². The molecule has 5 heteroatoms. The number of aliphatic carboxylic acids is 1. The van der Waals surface area contributed by atoms with Gasteiger partial charge in [0.25, 0.3) is 0 Å². The molecule has 1 aliphatic heterocycles. The van der Waals surface area contributed by atoms with Crippen molar-refractivity contribution < 1.29 is 19.4 Å². The maximum Gasteiger partial charge on any atom is 0.223 e. The van der Waals surface area contributed by atoms with Crippen LogP contribution in [-0.2, 0) is 16.1 Å². The average Bonchev–Trinajstić information content (AvgIpc) is 2.74. The smallest absolute Gasteiger partial charge is 0.223 e. The summed E-state index contributed by atoms with van der Waals surface area (Å²) in [5, 5.41) is 10.8. The van der Waals surface area contributed by atoms with Crippen LogP contribution in [0.2, 0.25) is 0 Å². The fourth-order valence-corrected chi connectivity index (χ4v) is 2.22. The molecular formula is C14H16NO4-. The van der Waals surface area contributed by atoms with Crippen molar-refractivity contribution in [2.75, 3.05) is 13.2 Å². The van der Waals surface area contributed by atoms with E-state index in [1.807, 2.05) is 31.2 Å². The summed E-state index contributed by atoms with van der Waals surface area (Å²) in [5.41, 5.74) is 0.886. The summed E-state index contributed by atoms with van der Waals surface area (Å²) in [6, 6.07) is 7.46. The maximum absolute atomic E-state index is 11.8. The van der Waals surface area contributed by atoms with Gasteiger partial charge in [-0.15, -0.1) is 0 Å². The van der Waals surface area contributed by atoms with Crippen molar-refractivity contribution in [2.24, 2.45) is 5.92 Å². The summed E-state index contributed by atoms with van der Waals surface area (Å²) in [6.07, 6.45) is 0.0269. The molecule has 0 radical (unpaired) electrons. The molecule has 5 nitrogen and oxygen atoms in total. The standard InChI is InChI=1S/C14H17NO4/c1-2-19-12-6-4-3-5-10(12)8-15-9-11(14(17)18)7-13(15)16/h3-6,11H,2,7-9H2,1H3,(H,17,18)/p-1/t11-/m0/s1. The fourth-order valence-electron chi connectivity index (χ4n) is 2.22. The number of benzene rings is 1. The first-order chi connectivity index (χ1) is 9.11. The van der Waals surface area contributed by atoms with Crippen molar-refractivity contribution in [1.29, 1.82) is 0 Å². The second kappa shape index (κ2) is 5.73. The van der Waals surface area contributed by atoms with Crippen molar-refractivity contribution in [1.82, 2.24) is 4.90 Å². The van der Waals surface area contributed by atoms with Gasteiger partial charge >= 0.3 is 0 Å². The van der Waals surface area contributed by atoms with Crippen molar-refractivity contribution in [2.45, 2.75) is 19.9 Å². The number of amides is 1. The van der Waals surface area contributed by atoms with Crippen molar-refractivity contribution >= 4 is 11.9 Å². The second-order valence-corrected chi connectivity index (χ2v) is 4.54. The Morgan fingerprint density at radius 1 is 1.47 bits per heavy atom. The first-order valence-corrected chi connectivity index (χ1v) is 6.31. The number of ether oxygens (including phenoxy) is 1. The number of para-hydroxylation sites is 1. The van der Waals surface area contributed by atoms with Gasteiger partial charge in [0, 0.05) is 37.0 Å². The SMILES string of the molecule is CCOc1ccccc1CN1C[C@@H](C(=O)[O-])CC1=O. The third kappa shape index (κ3) is 3.05. The van der Waals surface area contributed by atoms with Crippen LogP contribution in [0.4, 0.5) is 0 Å². The highest BCUT2D eigenvalue weighted by atomic mass is 16.5. The van der Waals surface area contributed by atoms with E-state index in [2.05, 4.69) is 0 Å². The van der Waals surface area contributed by atoms with E-state index < -0.39 is 11.9 Å². The molecule has 0 aromatic heterocycles. The third-order valence-corrected chi connectivity index (χ3v) is 3.18. The third-order valence-electron chi connectivity index (χ3n) is 3.18. The van der Waals surface area contributed by atoms with Gasteiger partial charge in [0.15, 0.2) is 0 Å². The van der Waals surface area contributed by atoms with Crippen LogP contribution in [0.25, 0.3) is 0 Å². The number of hydrogen-bond donors (Lipinski definition) is 0. The molecule has 1 amide bonds. The van der Waals surface area contributed by atoms with Gasteiger partial charge in [0.2, 0.25) is 5.91 Å². The highest BCUT2D eigenvalue weighted by molar-refractivity contribution is 5.85. The summed E-state index contributed by atoms with van der Waals surface area (Å²) < 4.78 is 5.49. The number of carbonyl (C=O) groups is 2. The van der Waals surface area contributed by atoms with E-state index in [9.17, 15) is 14.7 Å². The predicted molar refractivity (Wildman–Crippen MR) is 66.1 cm³/mol. The fraction of sp³-hybridized carbons (Fsp3) is 0.429. The monoisotopic (exact) mass is 262 g/mol. The molecule has 2 rings (SSSR count). The van der Waals surface area contributed by atoms with Crippen LogP contribution in [0.1, 0.15) is 18.9 Å². The Morgan fingerprint density at radius 2 is 2.21 bits per heavy atom. The van der Waals surface area contributed by atoms with Gasteiger partial charge in [-0.05, 0) is 13.0 Å². The molecule has 0 bridgehead atoms. The van der Waals surface area contributed by atoms with Crippen LogP contribution in [-0.4, -0.2) is 29.9 Å². The Bertz CT molecular complexity index is 486. The summed E-state index contributed by atoms with van der Waals surface area (Å²) in [7, 11) is 0. The van der Waals surface area contributed by atoms with Gasteiger partial charge in [0.05, 0.1) is 6.61 Å². The molecule has 1 heterocycles.